The Morgan fingerprint density at radius 2 is 1.67 bits per heavy atom. The van der Waals surface area contributed by atoms with E-state index in [1.54, 1.807) is 6.92 Å². The summed E-state index contributed by atoms with van der Waals surface area (Å²) in [7, 11) is -3.34. The van der Waals surface area contributed by atoms with Crippen LogP contribution < -0.4 is 4.90 Å². The van der Waals surface area contributed by atoms with Crippen LogP contribution in [0.4, 0.5) is 10.7 Å². The lowest BCUT2D eigenvalue weighted by molar-refractivity contribution is -0.137. The Balaban J connectivity index is 1.10. The van der Waals surface area contributed by atoms with E-state index in [0.29, 0.717) is 24.5 Å². The van der Waals surface area contributed by atoms with Gasteiger partial charge in [0, 0.05) is 38.1 Å². The summed E-state index contributed by atoms with van der Waals surface area (Å²) in [6.07, 6.45) is 4.35. The van der Waals surface area contributed by atoms with Crippen molar-refractivity contribution in [3.05, 3.63) is 48.3 Å². The zero-order chi connectivity index (χ0) is 25.5. The second kappa shape index (κ2) is 9.63. The number of carbonyl (C=O) groups is 1. The summed E-state index contributed by atoms with van der Waals surface area (Å²) in [5, 5.41) is 0. The molecule has 2 atom stereocenters. The number of aromatic nitrogens is 2. The van der Waals surface area contributed by atoms with E-state index in [2.05, 4.69) is 39.1 Å². The predicted molar refractivity (Wildman–Crippen MR) is 136 cm³/mol. The van der Waals surface area contributed by atoms with Gasteiger partial charge in [-0.3, -0.25) is 9.80 Å². The highest BCUT2D eigenvalue weighted by atomic mass is 32.2. The summed E-state index contributed by atoms with van der Waals surface area (Å²) in [6, 6.07) is 10.4. The number of nitrogens with zero attached hydrogens (tertiary/aromatic N) is 5. The van der Waals surface area contributed by atoms with Gasteiger partial charge in [-0.25, -0.2) is 23.2 Å². The Kier molecular flexibility index (Phi) is 6.67. The van der Waals surface area contributed by atoms with Crippen LogP contribution in [-0.4, -0.2) is 84.4 Å². The van der Waals surface area contributed by atoms with Crippen molar-refractivity contribution in [1.82, 2.24) is 19.8 Å². The van der Waals surface area contributed by atoms with Crippen molar-refractivity contribution in [2.75, 3.05) is 36.8 Å². The van der Waals surface area contributed by atoms with E-state index in [9.17, 15) is 13.2 Å². The molecule has 1 spiro atoms. The maximum absolute atomic E-state index is 13.1. The molecule has 0 radical (unpaired) electrons. The Morgan fingerprint density at radius 3 is 2.25 bits per heavy atom. The maximum Gasteiger partial charge on any atom is 0.410 e. The van der Waals surface area contributed by atoms with Crippen LogP contribution in [0.25, 0.3) is 0 Å². The van der Waals surface area contributed by atoms with Gasteiger partial charge < -0.3 is 9.64 Å². The van der Waals surface area contributed by atoms with Gasteiger partial charge in [0.2, 0.25) is 5.95 Å². The van der Waals surface area contributed by atoms with E-state index in [1.165, 1.54) is 18.0 Å². The molecule has 0 bridgehead atoms. The minimum Gasteiger partial charge on any atom is -0.446 e. The van der Waals surface area contributed by atoms with E-state index in [4.69, 9.17) is 4.74 Å². The summed E-state index contributed by atoms with van der Waals surface area (Å²) in [4.78, 5) is 28.0. The van der Waals surface area contributed by atoms with Crippen LogP contribution in [0.3, 0.4) is 0 Å². The van der Waals surface area contributed by atoms with Crippen LogP contribution in [-0.2, 0) is 21.1 Å². The number of ether oxygens (including phenoxy) is 1. The summed E-state index contributed by atoms with van der Waals surface area (Å²) in [5.41, 5.74) is 1.65. The highest BCUT2D eigenvalue weighted by Gasteiger charge is 2.54. The lowest BCUT2D eigenvalue weighted by atomic mass is 9.61. The second-order valence-electron chi connectivity index (χ2n) is 10.7. The molecule has 1 aliphatic carbocycles. The van der Waals surface area contributed by atoms with Crippen LogP contribution in [0.2, 0.25) is 0 Å². The SMILES string of the molecule is CCS(=O)(=O)c1cnc(N2C[C@@H](C)N(C(=O)OC3CC4(C3)CN(Cc3ccccc3)C4)[C@H](C)C2)nc1. The van der Waals surface area contributed by atoms with Gasteiger partial charge in [-0.1, -0.05) is 37.3 Å². The average Bonchev–Trinajstić information content (AvgIpc) is 2.81. The highest BCUT2D eigenvalue weighted by molar-refractivity contribution is 7.91. The molecule has 9 nitrogen and oxygen atoms in total. The van der Waals surface area contributed by atoms with Crippen molar-refractivity contribution < 1.29 is 17.9 Å². The number of amides is 1. The van der Waals surface area contributed by atoms with E-state index >= 15 is 0 Å². The molecule has 1 aromatic carbocycles. The first kappa shape index (κ1) is 25.0. The topological polar surface area (TPSA) is 95.9 Å². The lowest BCUT2D eigenvalue weighted by Crippen LogP contribution is -2.65. The molecule has 2 aromatic rings. The summed E-state index contributed by atoms with van der Waals surface area (Å²) < 4.78 is 30.0. The van der Waals surface area contributed by atoms with Crippen molar-refractivity contribution in [3.63, 3.8) is 0 Å². The van der Waals surface area contributed by atoms with Gasteiger partial charge in [-0.05, 0) is 32.3 Å². The number of piperazine rings is 1. The van der Waals surface area contributed by atoms with Gasteiger partial charge in [0.25, 0.3) is 0 Å². The number of hydrogen-bond donors (Lipinski definition) is 0. The van der Waals surface area contributed by atoms with Gasteiger partial charge in [-0.2, -0.15) is 0 Å². The number of carbonyl (C=O) groups excluding carboxylic acids is 1. The van der Waals surface area contributed by atoms with Crippen LogP contribution in [0.1, 0.15) is 39.2 Å². The van der Waals surface area contributed by atoms with Gasteiger partial charge in [0.15, 0.2) is 9.84 Å². The largest absolute Gasteiger partial charge is 0.446 e. The first-order chi connectivity index (χ1) is 17.2. The lowest BCUT2D eigenvalue weighted by Gasteiger charge is -2.58. The molecule has 1 amide bonds. The maximum atomic E-state index is 13.1. The molecule has 1 saturated carbocycles. The number of benzene rings is 1. The molecule has 194 valence electrons. The third-order valence-electron chi connectivity index (χ3n) is 7.72. The number of anilines is 1. The zero-order valence-electron chi connectivity index (χ0n) is 21.2. The third-order valence-corrected chi connectivity index (χ3v) is 9.41. The molecule has 2 aliphatic heterocycles. The molecular weight excluding hydrogens is 478 g/mol. The predicted octanol–water partition coefficient (Wildman–Crippen LogP) is 2.97. The van der Waals surface area contributed by atoms with E-state index in [-0.39, 0.29) is 34.9 Å². The van der Waals surface area contributed by atoms with E-state index < -0.39 is 9.84 Å². The molecule has 36 heavy (non-hydrogen) atoms. The molecule has 5 rings (SSSR count). The fourth-order valence-corrected chi connectivity index (χ4v) is 6.71. The molecule has 3 heterocycles. The number of rotatable bonds is 6. The van der Waals surface area contributed by atoms with Crippen LogP contribution in [0, 0.1) is 5.41 Å². The molecule has 2 saturated heterocycles. The first-order valence-corrected chi connectivity index (χ1v) is 14.4. The molecule has 10 heteroatoms. The van der Waals surface area contributed by atoms with Gasteiger partial charge >= 0.3 is 6.09 Å². The second-order valence-corrected chi connectivity index (χ2v) is 13.0. The van der Waals surface area contributed by atoms with Gasteiger partial charge in [0.05, 0.1) is 30.2 Å². The first-order valence-electron chi connectivity index (χ1n) is 12.7. The van der Waals surface area contributed by atoms with Crippen molar-refractivity contribution in [2.24, 2.45) is 5.41 Å². The van der Waals surface area contributed by atoms with Gasteiger partial charge in [0.1, 0.15) is 11.0 Å². The monoisotopic (exact) mass is 513 g/mol. The quantitative estimate of drug-likeness (QED) is 0.582. The Hall–Kier alpha value is -2.72. The van der Waals surface area contributed by atoms with Crippen LogP contribution in [0.15, 0.2) is 47.6 Å². The minimum atomic E-state index is -3.34. The van der Waals surface area contributed by atoms with Crippen molar-refractivity contribution in [3.8, 4) is 0 Å². The van der Waals surface area contributed by atoms with E-state index in [0.717, 1.165) is 32.5 Å². The standard InChI is InChI=1S/C26H35N5O4S/c1-4-36(33,34)23-12-27-24(28-13-23)30-14-19(2)31(20(3)15-30)25(32)35-22-10-26(11-22)17-29(18-26)16-21-8-6-5-7-9-21/h5-9,12-13,19-20,22H,4,10-11,14-18H2,1-3H3/t19-,20-/m1/s1. The van der Waals surface area contributed by atoms with Crippen molar-refractivity contribution in [2.45, 2.75) is 63.2 Å². The Morgan fingerprint density at radius 1 is 1.06 bits per heavy atom. The molecule has 0 N–H and O–H groups in total. The number of sulfone groups is 1. The van der Waals surface area contributed by atoms with Crippen molar-refractivity contribution >= 4 is 21.9 Å². The Bertz CT molecular complexity index is 1160. The smallest absolute Gasteiger partial charge is 0.410 e. The molecule has 0 unspecified atom stereocenters. The fourth-order valence-electron chi connectivity index (χ4n) is 5.95. The molecule has 3 fully saturated rings. The molecule has 3 aliphatic rings. The van der Waals surface area contributed by atoms with Crippen molar-refractivity contribution in [1.29, 1.82) is 0 Å². The molecular formula is C26H35N5O4S. The van der Waals surface area contributed by atoms with Crippen LogP contribution >= 0.6 is 0 Å². The minimum absolute atomic E-state index is 0.00908. The summed E-state index contributed by atoms with van der Waals surface area (Å²) in [5.74, 6) is 0.487. The number of likely N-dealkylation sites (tertiary alicyclic amines) is 1. The fraction of sp³-hybridized carbons (Fsp3) is 0.577. The van der Waals surface area contributed by atoms with Gasteiger partial charge in [-0.15, -0.1) is 0 Å². The van der Waals surface area contributed by atoms with E-state index in [1.807, 2.05) is 29.7 Å². The zero-order valence-corrected chi connectivity index (χ0v) is 22.0. The Labute approximate surface area is 213 Å². The number of hydrogen-bond acceptors (Lipinski definition) is 8. The summed E-state index contributed by atoms with van der Waals surface area (Å²) in [6.45, 7) is 9.82. The average molecular weight is 514 g/mol. The molecule has 1 aromatic heterocycles. The summed E-state index contributed by atoms with van der Waals surface area (Å²) >= 11 is 0. The normalized spacial score (nSPS) is 24.3. The van der Waals surface area contributed by atoms with Crippen LogP contribution in [0.5, 0.6) is 0 Å². The third kappa shape index (κ3) is 4.93. The highest BCUT2D eigenvalue weighted by Crippen LogP contribution is 2.50.